The zero-order valence-corrected chi connectivity index (χ0v) is 9.40. The predicted octanol–water partition coefficient (Wildman–Crippen LogP) is 0.841. The second-order valence-electron chi connectivity index (χ2n) is 3.45. The third kappa shape index (κ3) is 2.77. The van der Waals surface area contributed by atoms with E-state index in [0.717, 1.165) is 0 Å². The summed E-state index contributed by atoms with van der Waals surface area (Å²) in [4.78, 5) is 10.7. The van der Waals surface area contributed by atoms with Crippen molar-refractivity contribution < 1.29 is 23.7 Å². The zero-order chi connectivity index (χ0) is 11.5. The molecule has 0 radical (unpaired) electrons. The number of hydrogen-bond donors (Lipinski definition) is 0. The highest BCUT2D eigenvalue weighted by molar-refractivity contribution is 5.66. The molecule has 0 aromatic heterocycles. The van der Waals surface area contributed by atoms with Crippen LogP contribution in [-0.4, -0.2) is 38.4 Å². The molecule has 0 amide bonds. The standard InChI is InChI=1S/C10H16O5/c1-8(11)14-7-10(13-4)6-5-9(2,12-3)15-10/h5-6H,7H2,1-4H3. The third-order valence-corrected chi connectivity index (χ3v) is 2.24. The molecule has 0 aromatic carbocycles. The maximum atomic E-state index is 10.7. The minimum absolute atomic E-state index is 0.00822. The Hall–Kier alpha value is -0.910. The van der Waals surface area contributed by atoms with Gasteiger partial charge in [0, 0.05) is 21.1 Å². The summed E-state index contributed by atoms with van der Waals surface area (Å²) in [6, 6.07) is 0. The van der Waals surface area contributed by atoms with Gasteiger partial charge in [0.25, 0.3) is 0 Å². The largest absolute Gasteiger partial charge is 0.460 e. The van der Waals surface area contributed by atoms with Gasteiger partial charge in [0.1, 0.15) is 6.61 Å². The van der Waals surface area contributed by atoms with Crippen molar-refractivity contribution in [1.29, 1.82) is 0 Å². The van der Waals surface area contributed by atoms with Gasteiger partial charge in [-0.15, -0.1) is 0 Å². The Morgan fingerprint density at radius 2 is 2.00 bits per heavy atom. The lowest BCUT2D eigenvalue weighted by Crippen LogP contribution is -2.41. The topological polar surface area (TPSA) is 54.0 Å². The number of methoxy groups -OCH3 is 2. The lowest BCUT2D eigenvalue weighted by molar-refractivity contribution is -0.297. The Balaban J connectivity index is 2.66. The minimum atomic E-state index is -1.05. The number of hydrogen-bond acceptors (Lipinski definition) is 5. The molecule has 0 fully saturated rings. The van der Waals surface area contributed by atoms with Crippen molar-refractivity contribution in [2.24, 2.45) is 0 Å². The van der Waals surface area contributed by atoms with Crippen LogP contribution in [0.4, 0.5) is 0 Å². The Labute approximate surface area is 88.9 Å². The molecule has 1 aliphatic heterocycles. The molecule has 2 unspecified atom stereocenters. The summed E-state index contributed by atoms with van der Waals surface area (Å²) in [5.74, 6) is -2.26. The second kappa shape index (κ2) is 4.30. The number of rotatable bonds is 4. The molecule has 1 rings (SSSR count). The molecule has 0 spiro atoms. The van der Waals surface area contributed by atoms with Gasteiger partial charge in [0.2, 0.25) is 5.79 Å². The molecule has 86 valence electrons. The van der Waals surface area contributed by atoms with E-state index in [1.807, 2.05) is 0 Å². The van der Waals surface area contributed by atoms with E-state index in [1.165, 1.54) is 21.1 Å². The molecule has 15 heavy (non-hydrogen) atoms. The summed E-state index contributed by atoms with van der Waals surface area (Å²) in [6.07, 6.45) is 3.40. The van der Waals surface area contributed by atoms with Crippen molar-refractivity contribution in [2.75, 3.05) is 20.8 Å². The molecule has 0 aromatic rings. The molecular weight excluding hydrogens is 200 g/mol. The predicted molar refractivity (Wildman–Crippen MR) is 52.0 cm³/mol. The summed E-state index contributed by atoms with van der Waals surface area (Å²) in [5.41, 5.74) is 0. The average Bonchev–Trinajstić information content (AvgIpc) is 2.56. The van der Waals surface area contributed by atoms with Crippen LogP contribution in [0, 0.1) is 0 Å². The van der Waals surface area contributed by atoms with E-state index in [0.29, 0.717) is 0 Å². The minimum Gasteiger partial charge on any atom is -0.460 e. The fourth-order valence-corrected chi connectivity index (χ4v) is 1.25. The third-order valence-electron chi connectivity index (χ3n) is 2.24. The molecule has 5 heteroatoms. The number of carbonyl (C=O) groups excluding carboxylic acids is 1. The normalized spacial score (nSPS) is 34.4. The molecule has 0 N–H and O–H groups in total. The zero-order valence-electron chi connectivity index (χ0n) is 9.40. The Kier molecular flexibility index (Phi) is 3.49. The van der Waals surface area contributed by atoms with Gasteiger partial charge in [-0.25, -0.2) is 0 Å². The molecule has 1 heterocycles. The summed E-state index contributed by atoms with van der Waals surface area (Å²) >= 11 is 0. The molecular formula is C10H16O5. The highest BCUT2D eigenvalue weighted by Crippen LogP contribution is 2.32. The van der Waals surface area contributed by atoms with Crippen LogP contribution >= 0.6 is 0 Å². The fourth-order valence-electron chi connectivity index (χ4n) is 1.25. The van der Waals surface area contributed by atoms with Gasteiger partial charge < -0.3 is 18.9 Å². The lowest BCUT2D eigenvalue weighted by Gasteiger charge is -2.30. The van der Waals surface area contributed by atoms with Crippen molar-refractivity contribution in [3.8, 4) is 0 Å². The first-order valence-corrected chi connectivity index (χ1v) is 4.59. The van der Waals surface area contributed by atoms with Gasteiger partial charge in [0.05, 0.1) is 0 Å². The van der Waals surface area contributed by atoms with Crippen molar-refractivity contribution in [2.45, 2.75) is 25.4 Å². The smallest absolute Gasteiger partial charge is 0.302 e. The first kappa shape index (κ1) is 12.2. The van der Waals surface area contributed by atoms with E-state index in [1.54, 1.807) is 19.1 Å². The van der Waals surface area contributed by atoms with Crippen LogP contribution < -0.4 is 0 Å². The van der Waals surface area contributed by atoms with Gasteiger partial charge in [-0.05, 0) is 19.1 Å². The van der Waals surface area contributed by atoms with E-state index < -0.39 is 11.6 Å². The van der Waals surface area contributed by atoms with E-state index in [-0.39, 0.29) is 12.6 Å². The summed E-state index contributed by atoms with van der Waals surface area (Å²) in [5, 5.41) is 0. The van der Waals surface area contributed by atoms with Crippen LogP contribution in [0.1, 0.15) is 13.8 Å². The molecule has 5 nitrogen and oxygen atoms in total. The maximum absolute atomic E-state index is 10.7. The van der Waals surface area contributed by atoms with E-state index in [2.05, 4.69) is 0 Å². The Bertz CT molecular complexity index is 275. The van der Waals surface area contributed by atoms with Crippen molar-refractivity contribution in [1.82, 2.24) is 0 Å². The van der Waals surface area contributed by atoms with Gasteiger partial charge in [0.15, 0.2) is 5.79 Å². The molecule has 0 bridgehead atoms. The van der Waals surface area contributed by atoms with Crippen molar-refractivity contribution in [3.63, 3.8) is 0 Å². The number of ether oxygens (including phenoxy) is 4. The molecule has 0 saturated heterocycles. The summed E-state index contributed by atoms with van der Waals surface area (Å²) < 4.78 is 20.7. The van der Waals surface area contributed by atoms with Gasteiger partial charge >= 0.3 is 5.97 Å². The average molecular weight is 216 g/mol. The van der Waals surface area contributed by atoms with Crippen molar-refractivity contribution >= 4 is 5.97 Å². The molecule has 0 aliphatic carbocycles. The van der Waals surface area contributed by atoms with E-state index in [9.17, 15) is 4.79 Å². The molecule has 2 atom stereocenters. The van der Waals surface area contributed by atoms with Crippen LogP contribution in [0.25, 0.3) is 0 Å². The van der Waals surface area contributed by atoms with E-state index >= 15 is 0 Å². The highest BCUT2D eigenvalue weighted by Gasteiger charge is 2.43. The van der Waals surface area contributed by atoms with Crippen LogP contribution in [0.3, 0.4) is 0 Å². The monoisotopic (exact) mass is 216 g/mol. The Morgan fingerprint density at radius 1 is 1.33 bits per heavy atom. The highest BCUT2D eigenvalue weighted by atomic mass is 16.8. The first-order chi connectivity index (χ1) is 6.95. The van der Waals surface area contributed by atoms with Crippen LogP contribution in [0.2, 0.25) is 0 Å². The van der Waals surface area contributed by atoms with Crippen molar-refractivity contribution in [3.05, 3.63) is 12.2 Å². The SMILES string of the molecule is COC1(C)C=CC(COC(C)=O)(OC)O1. The number of carbonyl (C=O) groups is 1. The fraction of sp³-hybridized carbons (Fsp3) is 0.700. The second-order valence-corrected chi connectivity index (χ2v) is 3.45. The van der Waals surface area contributed by atoms with E-state index in [4.69, 9.17) is 18.9 Å². The maximum Gasteiger partial charge on any atom is 0.302 e. The van der Waals surface area contributed by atoms with Gasteiger partial charge in [-0.2, -0.15) is 0 Å². The van der Waals surface area contributed by atoms with Crippen LogP contribution in [0.15, 0.2) is 12.2 Å². The van der Waals surface area contributed by atoms with Gasteiger partial charge in [-0.1, -0.05) is 0 Å². The quantitative estimate of drug-likeness (QED) is 0.515. The summed E-state index contributed by atoms with van der Waals surface area (Å²) in [7, 11) is 3.01. The summed E-state index contributed by atoms with van der Waals surface area (Å²) in [6.45, 7) is 3.09. The first-order valence-electron chi connectivity index (χ1n) is 4.59. The van der Waals surface area contributed by atoms with Crippen LogP contribution in [0.5, 0.6) is 0 Å². The Morgan fingerprint density at radius 3 is 2.40 bits per heavy atom. The van der Waals surface area contributed by atoms with Crippen LogP contribution in [-0.2, 0) is 23.7 Å². The van der Waals surface area contributed by atoms with Gasteiger partial charge in [-0.3, -0.25) is 4.79 Å². The lowest BCUT2D eigenvalue weighted by atomic mass is 10.3. The number of esters is 1. The molecule has 1 aliphatic rings. The molecule has 0 saturated carbocycles.